The van der Waals surface area contributed by atoms with Crippen LogP contribution in [0.3, 0.4) is 0 Å². The average molecular weight is 345 g/mol. The highest BCUT2D eigenvalue weighted by molar-refractivity contribution is 5.66. The van der Waals surface area contributed by atoms with E-state index >= 15 is 0 Å². The van der Waals surface area contributed by atoms with Crippen LogP contribution >= 0.6 is 0 Å². The number of carbonyl (C=O) groups is 1. The van der Waals surface area contributed by atoms with Gasteiger partial charge < -0.3 is 15.2 Å². The van der Waals surface area contributed by atoms with Gasteiger partial charge in [-0.1, -0.05) is 24.3 Å². The van der Waals surface area contributed by atoms with Gasteiger partial charge in [0.1, 0.15) is 11.6 Å². The van der Waals surface area contributed by atoms with Gasteiger partial charge in [0.2, 0.25) is 0 Å². The molecule has 0 aliphatic carbocycles. The predicted octanol–water partition coefficient (Wildman–Crippen LogP) is 3.64. The van der Waals surface area contributed by atoms with Crippen molar-refractivity contribution in [1.82, 2.24) is 5.32 Å². The van der Waals surface area contributed by atoms with Gasteiger partial charge in [-0.05, 0) is 61.2 Å². The molecule has 0 radical (unpaired) electrons. The van der Waals surface area contributed by atoms with E-state index < -0.39 is 5.97 Å². The SMILES string of the molecule is O=C(O)CCNCCCCOc1ccc(Cc2ccc(F)cc2)cc1. The van der Waals surface area contributed by atoms with E-state index in [0.717, 1.165) is 42.7 Å². The average Bonchev–Trinajstić information content (AvgIpc) is 2.60. The molecule has 2 N–H and O–H groups in total. The number of unbranched alkanes of at least 4 members (excludes halogenated alkanes) is 1. The maximum atomic E-state index is 12.9. The summed E-state index contributed by atoms with van der Waals surface area (Å²) in [6, 6.07) is 14.5. The van der Waals surface area contributed by atoms with Crippen LogP contribution < -0.4 is 10.1 Å². The summed E-state index contributed by atoms with van der Waals surface area (Å²) in [6.45, 7) is 1.94. The summed E-state index contributed by atoms with van der Waals surface area (Å²) in [6.07, 6.45) is 2.78. The van der Waals surface area contributed by atoms with Crippen molar-refractivity contribution in [2.45, 2.75) is 25.7 Å². The first-order chi connectivity index (χ1) is 12.1. The molecule has 4 nitrogen and oxygen atoms in total. The lowest BCUT2D eigenvalue weighted by Crippen LogP contribution is -2.19. The van der Waals surface area contributed by atoms with Crippen molar-refractivity contribution in [3.05, 3.63) is 65.5 Å². The van der Waals surface area contributed by atoms with Crippen LogP contribution in [0.1, 0.15) is 30.4 Å². The molecular weight excluding hydrogens is 321 g/mol. The predicted molar refractivity (Wildman–Crippen MR) is 95.5 cm³/mol. The van der Waals surface area contributed by atoms with E-state index in [0.29, 0.717) is 13.2 Å². The molecule has 0 aliphatic heterocycles. The van der Waals surface area contributed by atoms with Crippen LogP contribution in [0.15, 0.2) is 48.5 Å². The van der Waals surface area contributed by atoms with Gasteiger partial charge in [-0.15, -0.1) is 0 Å². The number of carboxylic acid groups (broad SMARTS) is 1. The lowest BCUT2D eigenvalue weighted by Gasteiger charge is -2.08. The largest absolute Gasteiger partial charge is 0.494 e. The molecule has 25 heavy (non-hydrogen) atoms. The summed E-state index contributed by atoms with van der Waals surface area (Å²) in [5.41, 5.74) is 2.23. The van der Waals surface area contributed by atoms with Gasteiger partial charge in [0.15, 0.2) is 0 Å². The zero-order chi connectivity index (χ0) is 17.9. The van der Waals surface area contributed by atoms with Gasteiger partial charge >= 0.3 is 5.97 Å². The minimum absolute atomic E-state index is 0.154. The Morgan fingerprint density at radius 1 is 0.960 bits per heavy atom. The van der Waals surface area contributed by atoms with Gasteiger partial charge in [-0.3, -0.25) is 4.79 Å². The fraction of sp³-hybridized carbons (Fsp3) is 0.350. The second-order valence-corrected chi connectivity index (χ2v) is 5.90. The number of benzene rings is 2. The highest BCUT2D eigenvalue weighted by Crippen LogP contribution is 2.16. The molecule has 0 fully saturated rings. The third-order valence-electron chi connectivity index (χ3n) is 3.78. The van der Waals surface area contributed by atoms with Crippen LogP contribution in [0.5, 0.6) is 5.75 Å². The summed E-state index contributed by atoms with van der Waals surface area (Å²) >= 11 is 0. The Bertz CT molecular complexity index is 641. The van der Waals surface area contributed by atoms with Gasteiger partial charge in [0.25, 0.3) is 0 Å². The fourth-order valence-corrected chi connectivity index (χ4v) is 2.40. The van der Waals surface area contributed by atoms with Crippen LogP contribution in [0.25, 0.3) is 0 Å². The summed E-state index contributed by atoms with van der Waals surface area (Å²) in [7, 11) is 0. The first-order valence-electron chi connectivity index (χ1n) is 8.52. The van der Waals surface area contributed by atoms with Crippen LogP contribution in [-0.4, -0.2) is 30.8 Å². The van der Waals surface area contributed by atoms with Gasteiger partial charge in [-0.2, -0.15) is 0 Å². The van der Waals surface area contributed by atoms with E-state index in [-0.39, 0.29) is 12.2 Å². The van der Waals surface area contributed by atoms with E-state index in [1.165, 1.54) is 12.1 Å². The lowest BCUT2D eigenvalue weighted by atomic mass is 10.1. The van der Waals surface area contributed by atoms with Crippen LogP contribution in [-0.2, 0) is 11.2 Å². The van der Waals surface area contributed by atoms with E-state index in [1.54, 1.807) is 12.1 Å². The first kappa shape index (κ1) is 18.9. The number of halogens is 1. The Morgan fingerprint density at radius 2 is 1.60 bits per heavy atom. The molecule has 2 aromatic rings. The van der Waals surface area contributed by atoms with Crippen molar-refractivity contribution < 1.29 is 19.0 Å². The van der Waals surface area contributed by atoms with E-state index in [2.05, 4.69) is 5.32 Å². The highest BCUT2D eigenvalue weighted by Gasteiger charge is 1.99. The monoisotopic (exact) mass is 345 g/mol. The maximum Gasteiger partial charge on any atom is 0.304 e. The van der Waals surface area contributed by atoms with Gasteiger partial charge in [0.05, 0.1) is 13.0 Å². The number of rotatable bonds is 11. The van der Waals surface area contributed by atoms with Gasteiger partial charge in [0, 0.05) is 6.54 Å². The molecule has 0 saturated carbocycles. The molecule has 0 spiro atoms. The molecule has 0 aromatic heterocycles. The summed E-state index contributed by atoms with van der Waals surface area (Å²) in [5.74, 6) is -0.162. The van der Waals surface area contributed by atoms with E-state index in [4.69, 9.17) is 9.84 Å². The molecular formula is C20H24FNO3. The zero-order valence-corrected chi connectivity index (χ0v) is 14.2. The smallest absolute Gasteiger partial charge is 0.304 e. The van der Waals surface area contributed by atoms with Crippen LogP contribution in [0.2, 0.25) is 0 Å². The zero-order valence-electron chi connectivity index (χ0n) is 14.2. The van der Waals surface area contributed by atoms with Gasteiger partial charge in [-0.25, -0.2) is 4.39 Å². The summed E-state index contributed by atoms with van der Waals surface area (Å²) < 4.78 is 18.6. The van der Waals surface area contributed by atoms with Crippen LogP contribution in [0.4, 0.5) is 4.39 Å². The third kappa shape index (κ3) is 7.81. The van der Waals surface area contributed by atoms with Crippen molar-refractivity contribution >= 4 is 5.97 Å². The molecule has 134 valence electrons. The second kappa shape index (κ2) is 10.5. The van der Waals surface area contributed by atoms with Crippen molar-refractivity contribution in [1.29, 1.82) is 0 Å². The molecule has 0 amide bonds. The molecule has 2 rings (SSSR count). The van der Waals surface area contributed by atoms with Crippen molar-refractivity contribution in [3.63, 3.8) is 0 Å². The normalized spacial score (nSPS) is 10.6. The Balaban J connectivity index is 1.62. The Morgan fingerprint density at radius 3 is 2.24 bits per heavy atom. The quantitative estimate of drug-likeness (QED) is 0.611. The Hall–Kier alpha value is -2.40. The van der Waals surface area contributed by atoms with E-state index in [1.807, 2.05) is 24.3 Å². The molecule has 0 bridgehead atoms. The van der Waals surface area contributed by atoms with Crippen molar-refractivity contribution in [2.24, 2.45) is 0 Å². The summed E-state index contributed by atoms with van der Waals surface area (Å²) in [5, 5.41) is 11.6. The standard InChI is InChI=1S/C20H24FNO3/c21-18-7-3-16(4-8-18)15-17-5-9-19(10-6-17)25-14-2-1-12-22-13-11-20(23)24/h3-10,22H,1-2,11-15H2,(H,23,24). The molecule has 0 atom stereocenters. The molecule has 0 aliphatic rings. The van der Waals surface area contributed by atoms with E-state index in [9.17, 15) is 9.18 Å². The molecule has 0 saturated heterocycles. The van der Waals surface area contributed by atoms with Crippen molar-refractivity contribution in [2.75, 3.05) is 19.7 Å². The number of hydrogen-bond acceptors (Lipinski definition) is 3. The molecule has 2 aromatic carbocycles. The Labute approximate surface area is 147 Å². The first-order valence-corrected chi connectivity index (χ1v) is 8.52. The lowest BCUT2D eigenvalue weighted by molar-refractivity contribution is -0.136. The molecule has 0 unspecified atom stereocenters. The third-order valence-corrected chi connectivity index (χ3v) is 3.78. The number of hydrogen-bond donors (Lipinski definition) is 2. The second-order valence-electron chi connectivity index (χ2n) is 5.90. The number of aliphatic carboxylic acids is 1. The molecule has 0 heterocycles. The number of nitrogens with one attached hydrogen (secondary N) is 1. The minimum Gasteiger partial charge on any atom is -0.494 e. The number of carboxylic acids is 1. The summed E-state index contributed by atoms with van der Waals surface area (Å²) in [4.78, 5) is 10.4. The highest BCUT2D eigenvalue weighted by atomic mass is 19.1. The Kier molecular flexibility index (Phi) is 7.92. The fourth-order valence-electron chi connectivity index (χ4n) is 2.40. The maximum absolute atomic E-state index is 12.9. The van der Waals surface area contributed by atoms with Crippen LogP contribution in [0, 0.1) is 5.82 Å². The van der Waals surface area contributed by atoms with Crippen molar-refractivity contribution in [3.8, 4) is 5.75 Å². The number of ether oxygens (including phenoxy) is 1. The minimum atomic E-state index is -0.779. The molecule has 5 heteroatoms. The topological polar surface area (TPSA) is 58.6 Å².